The lowest BCUT2D eigenvalue weighted by molar-refractivity contribution is -0.130. The van der Waals surface area contributed by atoms with E-state index in [-0.39, 0.29) is 12.5 Å². The summed E-state index contributed by atoms with van der Waals surface area (Å²) in [5.41, 5.74) is 2.78. The zero-order valence-electron chi connectivity index (χ0n) is 17.3. The van der Waals surface area contributed by atoms with Gasteiger partial charge in [-0.2, -0.15) is 0 Å². The Balaban J connectivity index is 1.28. The van der Waals surface area contributed by atoms with Crippen molar-refractivity contribution < 1.29 is 19.1 Å². The van der Waals surface area contributed by atoms with Crippen LogP contribution in [-0.2, 0) is 20.7 Å². The Morgan fingerprint density at radius 1 is 1.03 bits per heavy atom. The zero-order valence-corrected chi connectivity index (χ0v) is 17.3. The molecule has 4 rings (SSSR count). The second-order valence-corrected chi connectivity index (χ2v) is 7.65. The van der Waals surface area contributed by atoms with Gasteiger partial charge < -0.3 is 20.3 Å². The first kappa shape index (κ1) is 20.9. The summed E-state index contributed by atoms with van der Waals surface area (Å²) < 4.78 is 5.36. The number of nitrogens with zero attached hydrogens (tertiary/aromatic N) is 2. The highest BCUT2D eigenvalue weighted by Crippen LogP contribution is 2.19. The van der Waals surface area contributed by atoms with E-state index in [0.717, 1.165) is 29.2 Å². The van der Waals surface area contributed by atoms with E-state index in [0.29, 0.717) is 31.7 Å². The molecule has 0 radical (unpaired) electrons. The van der Waals surface area contributed by atoms with Gasteiger partial charge >= 0.3 is 6.03 Å². The van der Waals surface area contributed by atoms with Crippen LogP contribution in [0.2, 0.25) is 0 Å². The smallest absolute Gasteiger partial charge is 0.325 e. The third-order valence-corrected chi connectivity index (χ3v) is 5.50. The van der Waals surface area contributed by atoms with Crippen molar-refractivity contribution in [1.29, 1.82) is 0 Å². The molecule has 0 bridgehead atoms. The van der Waals surface area contributed by atoms with Crippen LogP contribution >= 0.6 is 0 Å². The number of carbonyl (C=O) groups is 3. The Kier molecular flexibility index (Phi) is 6.47. The number of rotatable bonds is 7. The zero-order chi connectivity index (χ0) is 21.6. The van der Waals surface area contributed by atoms with Gasteiger partial charge in [0.15, 0.2) is 0 Å². The molecule has 31 heavy (non-hydrogen) atoms. The number of hydrogen-bond acceptors (Lipinski definition) is 5. The quantitative estimate of drug-likeness (QED) is 0.666. The second kappa shape index (κ2) is 9.61. The van der Waals surface area contributed by atoms with Crippen molar-refractivity contribution in [3.8, 4) is 0 Å². The number of nitrogens with one attached hydrogen (secondary N) is 2. The number of benzene rings is 2. The lowest BCUT2D eigenvalue weighted by Gasteiger charge is -2.28. The van der Waals surface area contributed by atoms with Crippen molar-refractivity contribution in [3.63, 3.8) is 0 Å². The van der Waals surface area contributed by atoms with E-state index in [1.54, 1.807) is 0 Å². The number of hydrogen-bond donors (Lipinski definition) is 2. The normalized spacial score (nSPS) is 18.8. The van der Waals surface area contributed by atoms with Crippen LogP contribution in [0.4, 0.5) is 16.2 Å². The van der Waals surface area contributed by atoms with E-state index in [4.69, 9.17) is 4.74 Å². The van der Waals surface area contributed by atoms with Crippen molar-refractivity contribution >= 4 is 29.2 Å². The van der Waals surface area contributed by atoms with Gasteiger partial charge in [0.1, 0.15) is 12.6 Å². The first-order valence-electron chi connectivity index (χ1n) is 10.5. The first-order valence-corrected chi connectivity index (χ1v) is 10.5. The molecule has 2 aromatic carbocycles. The average Bonchev–Trinajstić information content (AvgIpc) is 3.07. The molecule has 1 unspecified atom stereocenters. The molecule has 2 aliphatic rings. The standard InChI is InChI=1S/C23H26N4O4/c28-21(24-18-7-9-19(10-8-18)26-12-14-31-15-13-26)16-27-22(29)20(25-23(27)30)11-6-17-4-2-1-3-5-17/h1-5,7-10,20H,6,11-16H2,(H,24,28)(H,25,30). The van der Waals surface area contributed by atoms with Crippen LogP contribution in [0.1, 0.15) is 12.0 Å². The van der Waals surface area contributed by atoms with Crippen molar-refractivity contribution in [2.45, 2.75) is 18.9 Å². The van der Waals surface area contributed by atoms with Crippen LogP contribution in [0.25, 0.3) is 0 Å². The molecule has 8 heteroatoms. The fourth-order valence-electron chi connectivity index (χ4n) is 3.80. The molecule has 0 spiro atoms. The molecule has 0 saturated carbocycles. The Hall–Kier alpha value is -3.39. The molecule has 2 N–H and O–H groups in total. The topological polar surface area (TPSA) is 91.0 Å². The predicted octanol–water partition coefficient (Wildman–Crippen LogP) is 2.01. The predicted molar refractivity (Wildman–Crippen MR) is 117 cm³/mol. The summed E-state index contributed by atoms with van der Waals surface area (Å²) in [6.45, 7) is 2.78. The molecular formula is C23H26N4O4. The van der Waals surface area contributed by atoms with E-state index in [1.807, 2.05) is 54.6 Å². The minimum atomic E-state index is -0.603. The summed E-state index contributed by atoms with van der Waals surface area (Å²) in [4.78, 5) is 40.4. The second-order valence-electron chi connectivity index (χ2n) is 7.65. The summed E-state index contributed by atoms with van der Waals surface area (Å²) in [5, 5.41) is 5.44. The third kappa shape index (κ3) is 5.21. The lowest BCUT2D eigenvalue weighted by atomic mass is 10.1. The monoisotopic (exact) mass is 422 g/mol. The molecule has 0 aliphatic carbocycles. The number of aryl methyl sites for hydroxylation is 1. The first-order chi connectivity index (χ1) is 15.1. The van der Waals surface area contributed by atoms with Gasteiger partial charge in [0.25, 0.3) is 5.91 Å². The maximum atomic E-state index is 12.6. The van der Waals surface area contributed by atoms with Crippen LogP contribution in [0, 0.1) is 0 Å². The van der Waals surface area contributed by atoms with Gasteiger partial charge in [-0.1, -0.05) is 30.3 Å². The van der Waals surface area contributed by atoms with E-state index in [9.17, 15) is 14.4 Å². The summed E-state index contributed by atoms with van der Waals surface area (Å²) in [6, 6.07) is 16.2. The molecule has 4 amide bonds. The van der Waals surface area contributed by atoms with Crippen LogP contribution in [0.15, 0.2) is 54.6 Å². The molecule has 2 saturated heterocycles. The maximum Gasteiger partial charge on any atom is 0.325 e. The molecule has 8 nitrogen and oxygen atoms in total. The highest BCUT2D eigenvalue weighted by Gasteiger charge is 2.38. The maximum absolute atomic E-state index is 12.6. The number of carbonyl (C=O) groups excluding carboxylic acids is 3. The number of morpholine rings is 1. The lowest BCUT2D eigenvalue weighted by Crippen LogP contribution is -2.38. The fraction of sp³-hybridized carbons (Fsp3) is 0.348. The van der Waals surface area contributed by atoms with Gasteiger partial charge in [0.05, 0.1) is 13.2 Å². The molecule has 2 aliphatic heterocycles. The molecule has 1 atom stereocenters. The van der Waals surface area contributed by atoms with Crippen LogP contribution in [-0.4, -0.2) is 61.6 Å². The molecule has 162 valence electrons. The van der Waals surface area contributed by atoms with Crippen LogP contribution in [0.3, 0.4) is 0 Å². The van der Waals surface area contributed by atoms with Gasteiger partial charge in [0, 0.05) is 24.5 Å². The fourth-order valence-corrected chi connectivity index (χ4v) is 3.80. The summed E-state index contributed by atoms with van der Waals surface area (Å²) in [5.74, 6) is -0.773. The SMILES string of the molecule is O=C(CN1C(=O)NC(CCc2ccccc2)C1=O)Nc1ccc(N2CCOCC2)cc1. The van der Waals surface area contributed by atoms with Gasteiger partial charge in [-0.25, -0.2) is 4.79 Å². The molecule has 0 aromatic heterocycles. The van der Waals surface area contributed by atoms with Crippen molar-refractivity contribution in [3.05, 3.63) is 60.2 Å². The van der Waals surface area contributed by atoms with Gasteiger partial charge in [0.2, 0.25) is 5.91 Å². The Morgan fingerprint density at radius 3 is 2.45 bits per heavy atom. The van der Waals surface area contributed by atoms with Crippen molar-refractivity contribution in [2.24, 2.45) is 0 Å². The number of anilines is 2. The minimum Gasteiger partial charge on any atom is -0.378 e. The van der Waals surface area contributed by atoms with Crippen LogP contribution in [0.5, 0.6) is 0 Å². The molecule has 2 heterocycles. The van der Waals surface area contributed by atoms with Crippen molar-refractivity contribution in [2.75, 3.05) is 43.1 Å². The number of amides is 4. The van der Waals surface area contributed by atoms with E-state index < -0.39 is 18.0 Å². The highest BCUT2D eigenvalue weighted by atomic mass is 16.5. The summed E-state index contributed by atoms with van der Waals surface area (Å²) in [7, 11) is 0. The van der Waals surface area contributed by atoms with E-state index in [2.05, 4.69) is 15.5 Å². The number of imide groups is 1. The molecule has 2 aromatic rings. The molecular weight excluding hydrogens is 396 g/mol. The van der Waals surface area contributed by atoms with E-state index >= 15 is 0 Å². The Morgan fingerprint density at radius 2 is 1.74 bits per heavy atom. The van der Waals surface area contributed by atoms with E-state index in [1.165, 1.54) is 0 Å². The highest BCUT2D eigenvalue weighted by molar-refractivity contribution is 6.07. The Labute approximate surface area is 181 Å². The third-order valence-electron chi connectivity index (χ3n) is 5.50. The van der Waals surface area contributed by atoms with Crippen molar-refractivity contribution in [1.82, 2.24) is 10.2 Å². The summed E-state index contributed by atoms with van der Waals surface area (Å²) in [6.07, 6.45) is 1.17. The van der Waals surface area contributed by atoms with Gasteiger partial charge in [-0.3, -0.25) is 14.5 Å². The average molecular weight is 422 g/mol. The number of ether oxygens (including phenoxy) is 1. The minimum absolute atomic E-state index is 0.308. The van der Waals surface area contributed by atoms with Crippen LogP contribution < -0.4 is 15.5 Å². The largest absolute Gasteiger partial charge is 0.378 e. The molecule has 2 fully saturated rings. The summed E-state index contributed by atoms with van der Waals surface area (Å²) >= 11 is 0. The van der Waals surface area contributed by atoms with Gasteiger partial charge in [-0.15, -0.1) is 0 Å². The van der Waals surface area contributed by atoms with Gasteiger partial charge in [-0.05, 0) is 42.7 Å². The Bertz CT molecular complexity index is 926. The number of urea groups is 1.